The normalized spacial score (nSPS) is 10.3. The number of thioether (sulfide) groups is 1. The lowest BCUT2D eigenvalue weighted by atomic mass is 10.3. The Bertz CT molecular complexity index is 646. The number of carbonyl (C=O) groups excluding carboxylic acids is 1. The molecule has 0 radical (unpaired) electrons. The van der Waals surface area contributed by atoms with Gasteiger partial charge in [-0.1, -0.05) is 11.6 Å². The van der Waals surface area contributed by atoms with Gasteiger partial charge in [0.05, 0.1) is 33.4 Å². The van der Waals surface area contributed by atoms with Gasteiger partial charge in [-0.3, -0.25) is 14.9 Å². The van der Waals surface area contributed by atoms with Gasteiger partial charge in [0, 0.05) is 12.1 Å². The van der Waals surface area contributed by atoms with Crippen LogP contribution in [0.3, 0.4) is 0 Å². The number of rotatable bonds is 6. The average molecular weight is 327 g/mol. The van der Waals surface area contributed by atoms with Crippen molar-refractivity contribution in [1.29, 1.82) is 0 Å². The highest BCUT2D eigenvalue weighted by Gasteiger charge is 2.11. The van der Waals surface area contributed by atoms with E-state index in [1.54, 1.807) is 12.3 Å². The lowest BCUT2D eigenvalue weighted by Crippen LogP contribution is -2.14. The number of amides is 1. The highest BCUT2D eigenvalue weighted by Crippen LogP contribution is 2.26. The molecule has 1 aromatic carbocycles. The van der Waals surface area contributed by atoms with Gasteiger partial charge in [0.15, 0.2) is 0 Å². The van der Waals surface area contributed by atoms with Crippen molar-refractivity contribution in [1.82, 2.24) is 0 Å². The monoisotopic (exact) mass is 326 g/mol. The maximum absolute atomic E-state index is 11.8. The zero-order chi connectivity index (χ0) is 15.2. The molecule has 2 rings (SSSR count). The molecule has 0 saturated heterocycles. The summed E-state index contributed by atoms with van der Waals surface area (Å²) in [6, 6.07) is 7.52. The van der Waals surface area contributed by atoms with E-state index in [1.165, 1.54) is 30.0 Å². The van der Waals surface area contributed by atoms with E-state index in [-0.39, 0.29) is 22.4 Å². The molecule has 8 heteroatoms. The van der Waals surface area contributed by atoms with E-state index < -0.39 is 4.92 Å². The highest BCUT2D eigenvalue weighted by atomic mass is 35.5. The Morgan fingerprint density at radius 1 is 1.43 bits per heavy atom. The maximum atomic E-state index is 11.8. The number of halogens is 1. The van der Waals surface area contributed by atoms with Gasteiger partial charge in [-0.25, -0.2) is 0 Å². The van der Waals surface area contributed by atoms with E-state index in [2.05, 4.69) is 5.32 Å². The molecule has 0 atom stereocenters. The minimum absolute atomic E-state index is 0.120. The molecule has 0 saturated carbocycles. The fourth-order valence-corrected chi connectivity index (χ4v) is 2.49. The van der Waals surface area contributed by atoms with Gasteiger partial charge in [0.25, 0.3) is 5.69 Å². The number of nitrogens with one attached hydrogen (secondary N) is 1. The predicted molar refractivity (Wildman–Crippen MR) is 81.6 cm³/mol. The zero-order valence-electron chi connectivity index (χ0n) is 10.7. The van der Waals surface area contributed by atoms with Crippen molar-refractivity contribution in [2.24, 2.45) is 0 Å². The molecule has 0 aliphatic carbocycles. The molecule has 6 nitrogen and oxygen atoms in total. The molecule has 2 aromatic rings. The zero-order valence-corrected chi connectivity index (χ0v) is 12.3. The molecule has 0 unspecified atom stereocenters. The Balaban J connectivity index is 1.86. The first kappa shape index (κ1) is 15.4. The molecule has 21 heavy (non-hydrogen) atoms. The Labute approximate surface area is 129 Å². The van der Waals surface area contributed by atoms with Crippen molar-refractivity contribution in [3.8, 4) is 0 Å². The van der Waals surface area contributed by atoms with Crippen molar-refractivity contribution in [3.05, 3.63) is 57.5 Å². The van der Waals surface area contributed by atoms with Crippen molar-refractivity contribution in [3.63, 3.8) is 0 Å². The Hall–Kier alpha value is -1.99. The highest BCUT2D eigenvalue weighted by molar-refractivity contribution is 7.99. The van der Waals surface area contributed by atoms with Crippen molar-refractivity contribution in [2.75, 3.05) is 11.1 Å². The van der Waals surface area contributed by atoms with Crippen LogP contribution in [0.4, 0.5) is 11.4 Å². The number of hydrogen-bond donors (Lipinski definition) is 1. The van der Waals surface area contributed by atoms with Crippen LogP contribution in [0.15, 0.2) is 41.0 Å². The molecule has 0 spiro atoms. The summed E-state index contributed by atoms with van der Waals surface area (Å²) in [4.78, 5) is 21.8. The summed E-state index contributed by atoms with van der Waals surface area (Å²) in [6.07, 6.45) is 1.58. The van der Waals surface area contributed by atoms with Crippen LogP contribution in [0.5, 0.6) is 0 Å². The lowest BCUT2D eigenvalue weighted by molar-refractivity contribution is -0.384. The number of carbonyl (C=O) groups is 1. The molecule has 0 aliphatic heterocycles. The van der Waals surface area contributed by atoms with Crippen molar-refractivity contribution < 1.29 is 14.1 Å². The Kier molecular flexibility index (Phi) is 5.24. The van der Waals surface area contributed by atoms with E-state index in [1.807, 2.05) is 6.07 Å². The van der Waals surface area contributed by atoms with Gasteiger partial charge in [-0.2, -0.15) is 0 Å². The number of benzene rings is 1. The third kappa shape index (κ3) is 4.51. The third-order valence-corrected chi connectivity index (χ3v) is 3.76. The fraction of sp³-hybridized carbons (Fsp3) is 0.154. The van der Waals surface area contributed by atoms with E-state index in [0.29, 0.717) is 11.4 Å². The van der Waals surface area contributed by atoms with Gasteiger partial charge in [-0.15, -0.1) is 11.8 Å². The SMILES string of the molecule is O=C(CSCc1ccco1)Nc1ccc([N+](=O)[O-])cc1Cl. The number of hydrogen-bond acceptors (Lipinski definition) is 5. The van der Waals surface area contributed by atoms with Gasteiger partial charge in [0.1, 0.15) is 5.76 Å². The van der Waals surface area contributed by atoms with Crippen molar-refractivity contribution in [2.45, 2.75) is 5.75 Å². The van der Waals surface area contributed by atoms with Gasteiger partial charge in [0.2, 0.25) is 5.91 Å². The summed E-state index contributed by atoms with van der Waals surface area (Å²) < 4.78 is 5.15. The van der Waals surface area contributed by atoms with Gasteiger partial charge >= 0.3 is 0 Å². The van der Waals surface area contributed by atoms with Crippen LogP contribution in [0.2, 0.25) is 5.02 Å². The molecule has 1 heterocycles. The van der Waals surface area contributed by atoms with E-state index in [4.69, 9.17) is 16.0 Å². The summed E-state index contributed by atoms with van der Waals surface area (Å²) in [7, 11) is 0. The fourth-order valence-electron chi connectivity index (χ4n) is 1.54. The van der Waals surface area contributed by atoms with E-state index >= 15 is 0 Å². The van der Waals surface area contributed by atoms with Crippen LogP contribution in [0, 0.1) is 10.1 Å². The second-order valence-corrected chi connectivity index (χ2v) is 5.43. The first-order valence-corrected chi connectivity index (χ1v) is 7.43. The number of nitrogens with zero attached hydrogens (tertiary/aromatic N) is 1. The van der Waals surface area contributed by atoms with Crippen LogP contribution in [-0.4, -0.2) is 16.6 Å². The minimum Gasteiger partial charge on any atom is -0.468 e. The summed E-state index contributed by atoms with van der Waals surface area (Å²) >= 11 is 7.29. The molecule has 0 fully saturated rings. The number of nitro benzene ring substituents is 1. The summed E-state index contributed by atoms with van der Waals surface area (Å²) in [5.41, 5.74) is 0.232. The maximum Gasteiger partial charge on any atom is 0.271 e. The smallest absolute Gasteiger partial charge is 0.271 e. The summed E-state index contributed by atoms with van der Waals surface area (Å²) in [5.74, 6) is 1.38. The minimum atomic E-state index is -0.545. The van der Waals surface area contributed by atoms with Gasteiger partial charge in [-0.05, 0) is 18.2 Å². The Morgan fingerprint density at radius 3 is 2.86 bits per heavy atom. The largest absolute Gasteiger partial charge is 0.468 e. The van der Waals surface area contributed by atoms with Crippen LogP contribution in [0.1, 0.15) is 5.76 Å². The van der Waals surface area contributed by atoms with Crippen LogP contribution >= 0.6 is 23.4 Å². The van der Waals surface area contributed by atoms with Crippen LogP contribution in [0.25, 0.3) is 0 Å². The molecule has 110 valence electrons. The molecule has 1 aromatic heterocycles. The number of nitro groups is 1. The molecule has 1 amide bonds. The number of non-ortho nitro benzene ring substituents is 1. The molecule has 0 aliphatic rings. The number of furan rings is 1. The topological polar surface area (TPSA) is 85.4 Å². The molecular formula is C13H11ClN2O4S. The first-order valence-electron chi connectivity index (χ1n) is 5.90. The average Bonchev–Trinajstić information content (AvgIpc) is 2.94. The van der Waals surface area contributed by atoms with Crippen LogP contribution in [-0.2, 0) is 10.5 Å². The van der Waals surface area contributed by atoms with Crippen molar-refractivity contribution >= 4 is 40.6 Å². The standard InChI is InChI=1S/C13H11ClN2O4S/c14-11-6-9(16(18)19)3-4-12(11)15-13(17)8-21-7-10-2-1-5-20-10/h1-6H,7-8H2,(H,15,17). The first-order chi connectivity index (χ1) is 10.1. The van der Waals surface area contributed by atoms with Gasteiger partial charge < -0.3 is 9.73 Å². The van der Waals surface area contributed by atoms with Crippen LogP contribution < -0.4 is 5.32 Å². The second kappa shape index (κ2) is 7.14. The summed E-state index contributed by atoms with van der Waals surface area (Å²) in [6.45, 7) is 0. The second-order valence-electron chi connectivity index (χ2n) is 4.04. The third-order valence-electron chi connectivity index (χ3n) is 2.50. The predicted octanol–water partition coefficient (Wildman–Crippen LogP) is 3.71. The molecule has 0 bridgehead atoms. The van der Waals surface area contributed by atoms with E-state index in [0.717, 1.165) is 5.76 Å². The van der Waals surface area contributed by atoms with E-state index in [9.17, 15) is 14.9 Å². The number of anilines is 1. The summed E-state index contributed by atoms with van der Waals surface area (Å²) in [5, 5.41) is 13.3. The molecular weight excluding hydrogens is 316 g/mol. The lowest BCUT2D eigenvalue weighted by Gasteiger charge is -2.06. The Morgan fingerprint density at radius 2 is 2.24 bits per heavy atom. The molecule has 1 N–H and O–H groups in total. The quantitative estimate of drug-likeness (QED) is 0.646.